The van der Waals surface area contributed by atoms with Crippen molar-refractivity contribution in [3.05, 3.63) is 99.6 Å². The molecular weight excluding hydrogens is 622 g/mol. The molecule has 0 aromatic heterocycles. The van der Waals surface area contributed by atoms with Crippen LogP contribution in [0, 0.1) is 12.4 Å². The topological polar surface area (TPSA) is 121 Å². The fourth-order valence-corrected chi connectivity index (χ4v) is 5.85. The van der Waals surface area contributed by atoms with E-state index in [0.29, 0.717) is 60.9 Å². The molecule has 10 nitrogen and oxygen atoms in total. The first-order valence-electron chi connectivity index (χ1n) is 14.8. The van der Waals surface area contributed by atoms with Crippen LogP contribution in [-0.4, -0.2) is 64.9 Å². The highest BCUT2D eigenvalue weighted by molar-refractivity contribution is 6.01. The molecule has 47 heavy (non-hydrogen) atoms. The summed E-state index contributed by atoms with van der Waals surface area (Å²) in [5.74, 6) is -2.57. The van der Waals surface area contributed by atoms with E-state index < -0.39 is 47.1 Å². The van der Waals surface area contributed by atoms with Gasteiger partial charge in [-0.05, 0) is 42.3 Å². The minimum Gasteiger partial charge on any atom is -0.488 e. The lowest BCUT2D eigenvalue weighted by Crippen LogP contribution is -2.46. The number of alkyl halides is 3. The van der Waals surface area contributed by atoms with Crippen LogP contribution in [0.15, 0.2) is 54.6 Å². The Morgan fingerprint density at radius 2 is 1.81 bits per heavy atom. The number of halogens is 4. The Labute approximate surface area is 267 Å². The minimum absolute atomic E-state index is 0.0119. The van der Waals surface area contributed by atoms with E-state index in [0.717, 1.165) is 6.07 Å². The van der Waals surface area contributed by atoms with E-state index in [1.54, 1.807) is 30.3 Å². The van der Waals surface area contributed by atoms with Gasteiger partial charge in [0.15, 0.2) is 5.69 Å². The molecule has 1 atom stereocenters. The van der Waals surface area contributed by atoms with Gasteiger partial charge in [0.1, 0.15) is 24.2 Å². The Morgan fingerprint density at radius 1 is 1.06 bits per heavy atom. The number of carbonyl (C=O) groups is 3. The molecule has 0 aliphatic carbocycles. The first-order valence-corrected chi connectivity index (χ1v) is 14.8. The van der Waals surface area contributed by atoms with Crippen LogP contribution in [-0.2, 0) is 35.5 Å². The second-order valence-electron chi connectivity index (χ2n) is 11.4. The Bertz CT molecular complexity index is 1730. The highest BCUT2D eigenvalue weighted by Gasteiger charge is 2.37. The summed E-state index contributed by atoms with van der Waals surface area (Å²) in [6.07, 6.45) is -5.09. The summed E-state index contributed by atoms with van der Waals surface area (Å²) in [6, 6.07) is 12.2. The van der Waals surface area contributed by atoms with Gasteiger partial charge in [0.05, 0.1) is 18.7 Å². The van der Waals surface area contributed by atoms with Gasteiger partial charge in [0, 0.05) is 61.5 Å². The third-order valence-corrected chi connectivity index (χ3v) is 8.34. The van der Waals surface area contributed by atoms with Gasteiger partial charge in [-0.15, -0.1) is 0 Å². The molecule has 1 fully saturated rings. The molecule has 2 amide bonds. The smallest absolute Gasteiger partial charge is 0.407 e. The summed E-state index contributed by atoms with van der Waals surface area (Å²) in [5.41, 5.74) is 6.25. The largest absolute Gasteiger partial charge is 0.488 e. The fraction of sp³-hybridized carbons (Fsp3) is 0.333. The molecular formula is C33H31F4N5O5. The molecule has 1 saturated heterocycles. The zero-order chi connectivity index (χ0) is 33.9. The van der Waals surface area contributed by atoms with Gasteiger partial charge in [0.2, 0.25) is 5.91 Å². The average Bonchev–Trinajstić information content (AvgIpc) is 3.36. The first kappa shape index (κ1) is 33.2. The number of benzene rings is 3. The van der Waals surface area contributed by atoms with Gasteiger partial charge in [0.25, 0.3) is 5.91 Å². The molecule has 3 aromatic rings. The van der Waals surface area contributed by atoms with Crippen LogP contribution in [0.25, 0.3) is 4.85 Å². The maximum absolute atomic E-state index is 15.1. The fourth-order valence-electron chi connectivity index (χ4n) is 5.85. The third kappa shape index (κ3) is 7.47. The van der Waals surface area contributed by atoms with E-state index in [-0.39, 0.29) is 31.6 Å². The van der Waals surface area contributed by atoms with Crippen LogP contribution in [0.5, 0.6) is 5.75 Å². The summed E-state index contributed by atoms with van der Waals surface area (Å²) < 4.78 is 61.3. The molecule has 3 N–H and O–H groups in total. The Hall–Kier alpha value is -5.16. The van der Waals surface area contributed by atoms with Crippen LogP contribution < -0.4 is 15.4 Å². The van der Waals surface area contributed by atoms with Crippen molar-refractivity contribution in [1.29, 1.82) is 0 Å². The van der Waals surface area contributed by atoms with Crippen molar-refractivity contribution in [3.63, 3.8) is 0 Å². The Morgan fingerprint density at radius 3 is 2.45 bits per heavy atom. The number of fused-ring (bicyclic) bond motifs is 1. The number of anilines is 1. The zero-order valence-corrected chi connectivity index (χ0v) is 25.1. The quantitative estimate of drug-likeness (QED) is 0.222. The number of amides is 2. The number of aliphatic carboxylic acids is 1. The first-order chi connectivity index (χ1) is 22.3. The zero-order valence-electron chi connectivity index (χ0n) is 25.1. The highest BCUT2D eigenvalue weighted by Crippen LogP contribution is 2.39. The second-order valence-corrected chi connectivity index (χ2v) is 11.4. The highest BCUT2D eigenvalue weighted by atomic mass is 19.4. The van der Waals surface area contributed by atoms with Gasteiger partial charge in [-0.2, -0.15) is 13.2 Å². The van der Waals surface area contributed by atoms with Crippen molar-refractivity contribution in [1.82, 2.24) is 9.80 Å². The normalized spacial score (nSPS) is 15.7. The standard InChI is InChI=1S/C33H31F4N5O5/c1-39-27-8-7-22(16-25(27)33(35,36)37)41-13-11-40(12-14-41)17-20-5-6-21(26(34)15-20)19-47-29-4-2-3-23-24(29)18-42(32(23)46)28(31(38)45)9-10-30(43)44/h2-8,15-16,28H,9-14,17-19H2,(H2,38,45)(H,43,44)/t28-/m0/s1. The van der Waals surface area contributed by atoms with Crippen molar-refractivity contribution in [2.45, 2.75) is 44.8 Å². The number of carboxylic acid groups (broad SMARTS) is 1. The summed E-state index contributed by atoms with van der Waals surface area (Å²) in [5, 5.41) is 9.02. The third-order valence-electron chi connectivity index (χ3n) is 8.34. The molecule has 14 heteroatoms. The van der Waals surface area contributed by atoms with Gasteiger partial charge in [-0.1, -0.05) is 24.3 Å². The molecule has 5 rings (SSSR count). The van der Waals surface area contributed by atoms with E-state index >= 15 is 4.39 Å². The van der Waals surface area contributed by atoms with Gasteiger partial charge < -0.3 is 25.4 Å². The summed E-state index contributed by atoms with van der Waals surface area (Å²) in [4.78, 5) is 44.2. The van der Waals surface area contributed by atoms with Crippen molar-refractivity contribution in [2.75, 3.05) is 31.1 Å². The SMILES string of the molecule is [C-]#[N+]c1ccc(N2CCN(Cc3ccc(COc4cccc5c4CN([C@@H](CCC(=O)O)C(N)=O)C5=O)c(F)c3)CC2)cc1C(F)(F)F. The number of primary amides is 1. The lowest BCUT2D eigenvalue weighted by Gasteiger charge is -2.36. The van der Waals surface area contributed by atoms with Crippen LogP contribution >= 0.6 is 0 Å². The molecule has 0 spiro atoms. The molecule has 0 saturated carbocycles. The number of carbonyl (C=O) groups excluding carboxylic acids is 2. The van der Waals surface area contributed by atoms with E-state index in [4.69, 9.17) is 22.1 Å². The van der Waals surface area contributed by atoms with Crippen molar-refractivity contribution >= 4 is 29.2 Å². The lowest BCUT2D eigenvalue weighted by atomic mass is 10.1. The number of hydrogen-bond acceptors (Lipinski definition) is 6. The maximum atomic E-state index is 15.1. The molecule has 0 radical (unpaired) electrons. The number of ether oxygens (including phenoxy) is 1. The second kappa shape index (κ2) is 13.7. The molecule has 2 aliphatic heterocycles. The van der Waals surface area contributed by atoms with E-state index in [1.165, 1.54) is 23.1 Å². The van der Waals surface area contributed by atoms with E-state index in [2.05, 4.69) is 9.74 Å². The molecule has 2 aliphatic rings. The van der Waals surface area contributed by atoms with Crippen LogP contribution in [0.3, 0.4) is 0 Å². The van der Waals surface area contributed by atoms with Crippen molar-refractivity contribution < 1.29 is 41.8 Å². The number of nitrogens with two attached hydrogens (primary N) is 1. The van der Waals surface area contributed by atoms with Crippen LogP contribution in [0.2, 0.25) is 0 Å². The molecule has 0 bridgehead atoms. The lowest BCUT2D eigenvalue weighted by molar-refractivity contribution is -0.138. The Kier molecular flexibility index (Phi) is 9.67. The maximum Gasteiger partial charge on any atom is 0.407 e. The minimum atomic E-state index is -4.62. The molecule has 2 heterocycles. The van der Waals surface area contributed by atoms with Gasteiger partial charge >= 0.3 is 12.1 Å². The van der Waals surface area contributed by atoms with Crippen molar-refractivity contribution in [3.8, 4) is 5.75 Å². The molecule has 0 unspecified atom stereocenters. The monoisotopic (exact) mass is 653 g/mol. The summed E-state index contributed by atoms with van der Waals surface area (Å²) >= 11 is 0. The van der Waals surface area contributed by atoms with E-state index in [1.807, 2.05) is 4.90 Å². The number of piperazine rings is 1. The number of rotatable bonds is 11. The molecule has 246 valence electrons. The number of nitrogens with zero attached hydrogens (tertiary/aromatic N) is 4. The molecule has 3 aromatic carbocycles. The average molecular weight is 654 g/mol. The Balaban J connectivity index is 1.18. The van der Waals surface area contributed by atoms with E-state index in [9.17, 15) is 27.6 Å². The summed E-state index contributed by atoms with van der Waals surface area (Å²) in [7, 11) is 0. The predicted octanol–water partition coefficient (Wildman–Crippen LogP) is 4.97. The number of carboxylic acids is 1. The summed E-state index contributed by atoms with van der Waals surface area (Å²) in [6.45, 7) is 9.31. The predicted molar refractivity (Wildman–Crippen MR) is 162 cm³/mol. The van der Waals surface area contributed by atoms with Crippen molar-refractivity contribution in [2.24, 2.45) is 5.73 Å². The van der Waals surface area contributed by atoms with Gasteiger partial charge in [-0.25, -0.2) is 9.24 Å². The number of hydrogen-bond donors (Lipinski definition) is 2. The van der Waals surface area contributed by atoms with Crippen LogP contribution in [0.4, 0.5) is 28.9 Å². The van der Waals surface area contributed by atoms with Crippen LogP contribution in [0.1, 0.15) is 45.5 Å². The van der Waals surface area contributed by atoms with Gasteiger partial charge in [-0.3, -0.25) is 19.3 Å².